The number of rotatable bonds is 2. The van der Waals surface area contributed by atoms with Gasteiger partial charge < -0.3 is 9.84 Å². The number of imide groups is 1. The van der Waals surface area contributed by atoms with Crippen molar-refractivity contribution >= 4 is 11.9 Å². The van der Waals surface area contributed by atoms with Gasteiger partial charge in [0.2, 0.25) is 12.3 Å². The molecule has 0 bridgehead atoms. The van der Waals surface area contributed by atoms with Gasteiger partial charge in [0.05, 0.1) is 13.1 Å². The Balaban J connectivity index is 2.09. The van der Waals surface area contributed by atoms with Gasteiger partial charge in [0.25, 0.3) is 0 Å². The van der Waals surface area contributed by atoms with Gasteiger partial charge >= 0.3 is 6.03 Å². The summed E-state index contributed by atoms with van der Waals surface area (Å²) in [6.07, 6.45) is 1.15. The molecule has 0 radical (unpaired) electrons. The van der Waals surface area contributed by atoms with Gasteiger partial charge in [0.15, 0.2) is 5.82 Å². The second-order valence-electron chi connectivity index (χ2n) is 2.49. The van der Waals surface area contributed by atoms with Gasteiger partial charge in [-0.3, -0.25) is 9.69 Å². The fraction of sp³-hybridized carbons (Fsp3) is 0.333. The predicted molar refractivity (Wildman–Crippen MR) is 38.2 cm³/mol. The summed E-state index contributed by atoms with van der Waals surface area (Å²) in [6, 6.07) is -0.421. The molecule has 7 nitrogen and oxygen atoms in total. The molecular formula is C6H6N4O3. The largest absolute Gasteiger partial charge is 0.343 e. The topological polar surface area (TPSA) is 88.3 Å². The van der Waals surface area contributed by atoms with Crippen molar-refractivity contribution in [2.24, 2.45) is 0 Å². The SMILES string of the molecule is O=C1CNC(=O)N1Cc1ncon1. The lowest BCUT2D eigenvalue weighted by Crippen LogP contribution is -2.30. The molecule has 0 aliphatic carbocycles. The minimum atomic E-state index is -0.421. The van der Waals surface area contributed by atoms with Crippen LogP contribution in [0, 0.1) is 0 Å². The Labute approximate surface area is 72.7 Å². The van der Waals surface area contributed by atoms with Crippen LogP contribution < -0.4 is 5.32 Å². The molecule has 1 fully saturated rings. The van der Waals surface area contributed by atoms with Gasteiger partial charge in [0.1, 0.15) is 0 Å². The molecule has 2 heterocycles. The number of nitrogens with zero attached hydrogens (tertiary/aromatic N) is 3. The van der Waals surface area contributed by atoms with Crippen LogP contribution in [-0.4, -0.2) is 33.5 Å². The van der Waals surface area contributed by atoms with Crippen molar-refractivity contribution in [3.8, 4) is 0 Å². The maximum Gasteiger partial charge on any atom is 0.325 e. The zero-order valence-corrected chi connectivity index (χ0v) is 6.56. The second kappa shape index (κ2) is 2.85. The van der Waals surface area contributed by atoms with Crippen molar-refractivity contribution in [1.29, 1.82) is 0 Å². The van der Waals surface area contributed by atoms with Crippen LogP contribution in [0.25, 0.3) is 0 Å². The van der Waals surface area contributed by atoms with Crippen LogP contribution in [0.5, 0.6) is 0 Å². The summed E-state index contributed by atoms with van der Waals surface area (Å²) in [5.41, 5.74) is 0. The first-order valence-corrected chi connectivity index (χ1v) is 3.61. The number of carbonyl (C=O) groups is 2. The van der Waals surface area contributed by atoms with E-state index in [0.29, 0.717) is 5.82 Å². The van der Waals surface area contributed by atoms with Crippen LogP contribution >= 0.6 is 0 Å². The van der Waals surface area contributed by atoms with Crippen LogP contribution in [0.4, 0.5) is 4.79 Å². The number of urea groups is 1. The Hall–Kier alpha value is -1.92. The Morgan fingerprint density at radius 2 is 2.46 bits per heavy atom. The molecule has 1 aromatic heterocycles. The Bertz CT molecular complexity index is 318. The predicted octanol–water partition coefficient (Wildman–Crippen LogP) is -0.879. The third-order valence-electron chi connectivity index (χ3n) is 1.64. The number of nitrogens with one attached hydrogen (secondary N) is 1. The quantitative estimate of drug-likeness (QED) is 0.600. The standard InChI is InChI=1S/C6H6N4O3/c11-5-1-7-6(12)10(5)2-4-8-3-13-9-4/h3H,1-2H2,(H,7,12). The van der Waals surface area contributed by atoms with E-state index < -0.39 is 6.03 Å². The first kappa shape index (κ1) is 7.71. The lowest BCUT2D eigenvalue weighted by molar-refractivity contribution is -0.125. The highest BCUT2D eigenvalue weighted by molar-refractivity contribution is 6.01. The molecule has 0 saturated carbocycles. The smallest absolute Gasteiger partial charge is 0.325 e. The Morgan fingerprint density at radius 1 is 1.62 bits per heavy atom. The lowest BCUT2D eigenvalue weighted by Gasteiger charge is -2.07. The monoisotopic (exact) mass is 182 g/mol. The molecule has 2 rings (SSSR count). The van der Waals surface area contributed by atoms with E-state index in [9.17, 15) is 9.59 Å². The van der Waals surface area contributed by atoms with Gasteiger partial charge in [-0.2, -0.15) is 4.98 Å². The molecule has 13 heavy (non-hydrogen) atoms. The number of amides is 3. The summed E-state index contributed by atoms with van der Waals surface area (Å²) in [7, 11) is 0. The van der Waals surface area contributed by atoms with Crippen LogP contribution in [0.15, 0.2) is 10.9 Å². The fourth-order valence-corrected chi connectivity index (χ4v) is 1.02. The molecule has 1 aliphatic rings. The molecule has 1 N–H and O–H groups in total. The molecule has 0 unspecified atom stereocenters. The van der Waals surface area contributed by atoms with E-state index in [1.165, 1.54) is 0 Å². The van der Waals surface area contributed by atoms with Crippen molar-refractivity contribution < 1.29 is 14.1 Å². The van der Waals surface area contributed by atoms with Gasteiger partial charge in [-0.15, -0.1) is 0 Å². The molecule has 0 spiro atoms. The molecule has 1 aliphatic heterocycles. The lowest BCUT2D eigenvalue weighted by atomic mass is 10.5. The zero-order valence-electron chi connectivity index (χ0n) is 6.56. The maximum absolute atomic E-state index is 11.1. The van der Waals surface area contributed by atoms with E-state index in [-0.39, 0.29) is 19.0 Å². The van der Waals surface area contributed by atoms with Crippen molar-refractivity contribution in [2.45, 2.75) is 6.54 Å². The van der Waals surface area contributed by atoms with Crippen LogP contribution in [0.3, 0.4) is 0 Å². The number of aromatic nitrogens is 2. The average Bonchev–Trinajstić information content (AvgIpc) is 2.70. The third-order valence-corrected chi connectivity index (χ3v) is 1.64. The van der Waals surface area contributed by atoms with Gasteiger partial charge in [-0.05, 0) is 0 Å². The molecule has 0 aromatic carbocycles. The van der Waals surface area contributed by atoms with Crippen molar-refractivity contribution in [3.63, 3.8) is 0 Å². The van der Waals surface area contributed by atoms with Crippen molar-refractivity contribution in [1.82, 2.24) is 20.4 Å². The molecular weight excluding hydrogens is 176 g/mol. The number of hydrogen-bond donors (Lipinski definition) is 1. The van der Waals surface area contributed by atoms with E-state index in [4.69, 9.17) is 0 Å². The van der Waals surface area contributed by atoms with E-state index in [1.807, 2.05) is 0 Å². The van der Waals surface area contributed by atoms with Crippen molar-refractivity contribution in [3.05, 3.63) is 12.2 Å². The molecule has 1 saturated heterocycles. The molecule has 68 valence electrons. The van der Waals surface area contributed by atoms with Crippen LogP contribution in [-0.2, 0) is 11.3 Å². The summed E-state index contributed by atoms with van der Waals surface area (Å²) in [6.45, 7) is 0.0951. The average molecular weight is 182 g/mol. The third kappa shape index (κ3) is 1.35. The van der Waals surface area contributed by atoms with Gasteiger partial charge in [-0.1, -0.05) is 5.16 Å². The zero-order chi connectivity index (χ0) is 9.26. The normalized spacial score (nSPS) is 16.5. The highest BCUT2D eigenvalue weighted by Gasteiger charge is 2.29. The van der Waals surface area contributed by atoms with E-state index >= 15 is 0 Å². The van der Waals surface area contributed by atoms with Crippen LogP contribution in [0.1, 0.15) is 5.82 Å². The molecule has 1 aromatic rings. The maximum atomic E-state index is 11.1. The highest BCUT2D eigenvalue weighted by Crippen LogP contribution is 2.03. The first-order chi connectivity index (χ1) is 6.27. The molecule has 0 atom stereocenters. The van der Waals surface area contributed by atoms with Crippen LogP contribution in [0.2, 0.25) is 0 Å². The van der Waals surface area contributed by atoms with Gasteiger partial charge in [-0.25, -0.2) is 4.79 Å². The second-order valence-corrected chi connectivity index (χ2v) is 2.49. The summed E-state index contributed by atoms with van der Waals surface area (Å²) >= 11 is 0. The molecule has 7 heteroatoms. The van der Waals surface area contributed by atoms with Gasteiger partial charge in [0, 0.05) is 0 Å². The summed E-state index contributed by atoms with van der Waals surface area (Å²) in [5, 5.41) is 5.87. The van der Waals surface area contributed by atoms with E-state index in [0.717, 1.165) is 11.3 Å². The Morgan fingerprint density at radius 3 is 3.00 bits per heavy atom. The Kier molecular flexibility index (Phi) is 1.69. The summed E-state index contributed by atoms with van der Waals surface area (Å²) in [4.78, 5) is 26.8. The summed E-state index contributed by atoms with van der Waals surface area (Å²) < 4.78 is 4.46. The van der Waals surface area contributed by atoms with E-state index in [2.05, 4.69) is 20.0 Å². The molecule has 3 amide bonds. The first-order valence-electron chi connectivity index (χ1n) is 3.61. The highest BCUT2D eigenvalue weighted by atomic mass is 16.5. The van der Waals surface area contributed by atoms with E-state index in [1.54, 1.807) is 0 Å². The fourth-order valence-electron chi connectivity index (χ4n) is 1.02. The van der Waals surface area contributed by atoms with Crippen molar-refractivity contribution in [2.75, 3.05) is 6.54 Å². The minimum Gasteiger partial charge on any atom is -0.343 e. The minimum absolute atomic E-state index is 0.0384. The number of carbonyl (C=O) groups excluding carboxylic acids is 2. The summed E-state index contributed by atoms with van der Waals surface area (Å²) in [5.74, 6) is 0.0280. The number of hydrogen-bond acceptors (Lipinski definition) is 5.